The van der Waals surface area contributed by atoms with Gasteiger partial charge in [-0.05, 0) is 49.4 Å². The molecule has 2 aromatic heterocycles. The van der Waals surface area contributed by atoms with Crippen LogP contribution in [0, 0.1) is 18.6 Å². The van der Waals surface area contributed by atoms with Crippen LogP contribution in [-0.2, 0) is 9.84 Å². The fourth-order valence-electron chi connectivity index (χ4n) is 3.38. The molecule has 158 valence electrons. The van der Waals surface area contributed by atoms with Crippen LogP contribution < -0.4 is 5.32 Å². The van der Waals surface area contributed by atoms with Gasteiger partial charge in [0.25, 0.3) is 0 Å². The SMILES string of the molecule is Cc1[nH]c(C(Nc2ncc(F)cc2C2CC2)c2ccc(F)c(Cl)c2)nc1S(C)(=O)=O. The van der Waals surface area contributed by atoms with Gasteiger partial charge in [-0.2, -0.15) is 0 Å². The molecule has 10 heteroatoms. The van der Waals surface area contributed by atoms with E-state index in [-0.39, 0.29) is 16.0 Å². The van der Waals surface area contributed by atoms with Crippen LogP contribution in [0.5, 0.6) is 0 Å². The van der Waals surface area contributed by atoms with Gasteiger partial charge in [-0.1, -0.05) is 17.7 Å². The second-order valence-electron chi connectivity index (χ2n) is 7.44. The molecule has 1 saturated carbocycles. The van der Waals surface area contributed by atoms with Gasteiger partial charge in [0.05, 0.1) is 16.9 Å². The van der Waals surface area contributed by atoms with Crippen LogP contribution in [0.1, 0.15) is 47.4 Å². The van der Waals surface area contributed by atoms with Gasteiger partial charge in [0, 0.05) is 11.8 Å². The molecule has 1 atom stereocenters. The molecule has 30 heavy (non-hydrogen) atoms. The fourth-order valence-corrected chi connectivity index (χ4v) is 4.44. The Labute approximate surface area is 177 Å². The lowest BCUT2D eigenvalue weighted by Crippen LogP contribution is -2.16. The third-order valence-electron chi connectivity index (χ3n) is 4.94. The summed E-state index contributed by atoms with van der Waals surface area (Å²) in [6.45, 7) is 1.60. The molecule has 1 aliphatic rings. The smallest absolute Gasteiger partial charge is 0.194 e. The molecule has 1 aromatic carbocycles. The average molecular weight is 453 g/mol. The Balaban J connectivity index is 1.82. The van der Waals surface area contributed by atoms with Crippen LogP contribution in [0.25, 0.3) is 0 Å². The van der Waals surface area contributed by atoms with E-state index < -0.39 is 27.5 Å². The summed E-state index contributed by atoms with van der Waals surface area (Å²) in [6, 6.07) is 4.91. The van der Waals surface area contributed by atoms with E-state index in [9.17, 15) is 17.2 Å². The minimum absolute atomic E-state index is 0.0769. The Morgan fingerprint density at radius 2 is 2.00 bits per heavy atom. The van der Waals surface area contributed by atoms with Crippen molar-refractivity contribution in [2.24, 2.45) is 0 Å². The van der Waals surface area contributed by atoms with Crippen LogP contribution in [-0.4, -0.2) is 29.6 Å². The summed E-state index contributed by atoms with van der Waals surface area (Å²) >= 11 is 5.98. The minimum Gasteiger partial charge on any atom is -0.356 e. The van der Waals surface area contributed by atoms with E-state index in [1.165, 1.54) is 24.3 Å². The number of anilines is 1. The molecule has 0 aliphatic heterocycles. The summed E-state index contributed by atoms with van der Waals surface area (Å²) in [5.74, 6) is -0.0527. The van der Waals surface area contributed by atoms with Crippen molar-refractivity contribution in [2.45, 2.75) is 36.8 Å². The Bertz CT molecular complexity index is 1230. The van der Waals surface area contributed by atoms with Crippen LogP contribution in [0.3, 0.4) is 0 Å². The number of nitrogens with zero attached hydrogens (tertiary/aromatic N) is 2. The highest BCUT2D eigenvalue weighted by Crippen LogP contribution is 2.44. The van der Waals surface area contributed by atoms with E-state index in [1.54, 1.807) is 6.92 Å². The normalized spacial score (nSPS) is 15.2. The van der Waals surface area contributed by atoms with E-state index >= 15 is 0 Å². The molecule has 6 nitrogen and oxygen atoms in total. The molecule has 0 bridgehead atoms. The number of aromatic amines is 1. The number of nitrogens with one attached hydrogen (secondary N) is 2. The number of pyridine rings is 1. The van der Waals surface area contributed by atoms with E-state index in [0.717, 1.165) is 30.9 Å². The molecular formula is C20H19ClF2N4O2S. The number of hydrogen-bond acceptors (Lipinski definition) is 5. The number of sulfone groups is 1. The van der Waals surface area contributed by atoms with Gasteiger partial charge in [-0.3, -0.25) is 0 Å². The number of benzene rings is 1. The number of rotatable bonds is 6. The molecule has 2 heterocycles. The number of hydrogen-bond donors (Lipinski definition) is 2. The van der Waals surface area contributed by atoms with E-state index in [2.05, 4.69) is 20.3 Å². The monoisotopic (exact) mass is 452 g/mol. The van der Waals surface area contributed by atoms with Crippen molar-refractivity contribution >= 4 is 27.3 Å². The largest absolute Gasteiger partial charge is 0.356 e. The maximum absolute atomic E-state index is 13.8. The summed E-state index contributed by atoms with van der Waals surface area (Å²) in [5.41, 5.74) is 1.66. The number of aromatic nitrogens is 3. The highest BCUT2D eigenvalue weighted by molar-refractivity contribution is 7.90. The van der Waals surface area contributed by atoms with Gasteiger partial charge in [-0.15, -0.1) is 0 Å². The summed E-state index contributed by atoms with van der Waals surface area (Å²) in [5, 5.41) is 3.06. The quantitative estimate of drug-likeness (QED) is 0.573. The predicted octanol–water partition coefficient (Wildman–Crippen LogP) is 4.53. The van der Waals surface area contributed by atoms with Gasteiger partial charge in [0.15, 0.2) is 14.9 Å². The third-order valence-corrected chi connectivity index (χ3v) is 6.33. The molecule has 0 radical (unpaired) electrons. The minimum atomic E-state index is -3.55. The zero-order valence-electron chi connectivity index (χ0n) is 16.2. The first kappa shape index (κ1) is 20.7. The van der Waals surface area contributed by atoms with Crippen LogP contribution in [0.4, 0.5) is 14.6 Å². The molecule has 4 rings (SSSR count). The lowest BCUT2D eigenvalue weighted by Gasteiger charge is -2.20. The van der Waals surface area contributed by atoms with Crippen molar-refractivity contribution < 1.29 is 17.2 Å². The lowest BCUT2D eigenvalue weighted by atomic mass is 10.0. The van der Waals surface area contributed by atoms with E-state index in [1.807, 2.05) is 0 Å². The maximum atomic E-state index is 13.8. The molecule has 0 saturated heterocycles. The summed E-state index contributed by atoms with van der Waals surface area (Å²) < 4.78 is 51.6. The molecule has 3 aromatic rings. The van der Waals surface area contributed by atoms with Crippen LogP contribution in [0.2, 0.25) is 5.02 Å². The first-order valence-electron chi connectivity index (χ1n) is 9.27. The molecule has 2 N–H and O–H groups in total. The van der Waals surface area contributed by atoms with Crippen molar-refractivity contribution in [3.63, 3.8) is 0 Å². The third kappa shape index (κ3) is 4.17. The van der Waals surface area contributed by atoms with Gasteiger partial charge in [0.2, 0.25) is 0 Å². The summed E-state index contributed by atoms with van der Waals surface area (Å²) in [7, 11) is -3.55. The van der Waals surface area contributed by atoms with Crippen LogP contribution >= 0.6 is 11.6 Å². The van der Waals surface area contributed by atoms with Gasteiger partial charge in [0.1, 0.15) is 29.3 Å². The Morgan fingerprint density at radius 1 is 1.27 bits per heavy atom. The van der Waals surface area contributed by atoms with Gasteiger partial charge < -0.3 is 10.3 Å². The first-order chi connectivity index (χ1) is 14.1. The Kier molecular flexibility index (Phi) is 5.27. The average Bonchev–Trinajstić information content (AvgIpc) is 3.44. The number of imidazole rings is 1. The zero-order valence-corrected chi connectivity index (χ0v) is 17.8. The molecule has 1 fully saturated rings. The van der Waals surface area contributed by atoms with E-state index in [0.29, 0.717) is 22.9 Å². The van der Waals surface area contributed by atoms with Gasteiger partial charge >= 0.3 is 0 Å². The Hall–Kier alpha value is -2.52. The van der Waals surface area contributed by atoms with Gasteiger partial charge in [-0.25, -0.2) is 27.2 Å². The topological polar surface area (TPSA) is 87.7 Å². The maximum Gasteiger partial charge on any atom is 0.194 e. The molecule has 1 unspecified atom stereocenters. The second kappa shape index (κ2) is 7.63. The number of H-pyrrole nitrogens is 1. The van der Waals surface area contributed by atoms with Crippen molar-refractivity contribution in [2.75, 3.05) is 11.6 Å². The summed E-state index contributed by atoms with van der Waals surface area (Å²) in [4.78, 5) is 11.5. The summed E-state index contributed by atoms with van der Waals surface area (Å²) in [6.07, 6.45) is 4.05. The highest BCUT2D eigenvalue weighted by Gasteiger charge is 2.30. The Morgan fingerprint density at radius 3 is 2.60 bits per heavy atom. The van der Waals surface area contributed by atoms with E-state index in [4.69, 9.17) is 11.6 Å². The van der Waals surface area contributed by atoms with Crippen molar-refractivity contribution in [1.29, 1.82) is 0 Å². The molecule has 0 spiro atoms. The predicted molar refractivity (Wildman–Crippen MR) is 109 cm³/mol. The lowest BCUT2D eigenvalue weighted by molar-refractivity contribution is 0.597. The number of aryl methyl sites for hydroxylation is 1. The van der Waals surface area contributed by atoms with Crippen molar-refractivity contribution in [3.8, 4) is 0 Å². The molecule has 1 aliphatic carbocycles. The van der Waals surface area contributed by atoms with Crippen molar-refractivity contribution in [3.05, 3.63) is 69.8 Å². The standard InChI is InChI=1S/C20H19ClF2N4O2S/c1-10-20(30(2,28)29)27-19(25-10)17(12-5-6-16(23)15(21)7-12)26-18-14(11-3-4-11)8-13(22)9-24-18/h5-9,11,17H,3-4H2,1-2H3,(H,24,26)(H,25,27). The highest BCUT2D eigenvalue weighted by atomic mass is 35.5. The van der Waals surface area contributed by atoms with Crippen LogP contribution in [0.15, 0.2) is 35.5 Å². The molecule has 0 amide bonds. The second-order valence-corrected chi connectivity index (χ2v) is 9.78. The number of halogens is 3. The van der Waals surface area contributed by atoms with Crippen molar-refractivity contribution in [1.82, 2.24) is 15.0 Å². The first-order valence-corrected chi connectivity index (χ1v) is 11.5. The molecular weight excluding hydrogens is 434 g/mol. The fraction of sp³-hybridized carbons (Fsp3) is 0.300. The zero-order chi connectivity index (χ0) is 21.6.